The molecule has 0 aliphatic carbocycles. The summed E-state index contributed by atoms with van der Waals surface area (Å²) in [7, 11) is 0. The average molecular weight is 308 g/mol. The summed E-state index contributed by atoms with van der Waals surface area (Å²) >= 11 is 4.63. The minimum Gasteiger partial charge on any atom is -0.410 e. The first-order valence-electron chi connectivity index (χ1n) is 4.58. The minimum atomic E-state index is -0.0710. The monoisotopic (exact) mass is 307 g/mol. The van der Waals surface area contributed by atoms with Gasteiger partial charge in [-0.05, 0) is 12.1 Å². The molecule has 84 valence electrons. The van der Waals surface area contributed by atoms with E-state index in [4.69, 9.17) is 10.5 Å². The van der Waals surface area contributed by atoms with Crippen LogP contribution in [-0.4, -0.2) is 15.9 Å². The van der Waals surface area contributed by atoms with Crippen LogP contribution in [0.15, 0.2) is 39.3 Å². The van der Waals surface area contributed by atoms with Crippen LogP contribution < -0.4 is 0 Å². The highest BCUT2D eigenvalue weighted by molar-refractivity contribution is 9.10. The van der Waals surface area contributed by atoms with E-state index in [9.17, 15) is 0 Å². The van der Waals surface area contributed by atoms with Crippen molar-refractivity contribution in [2.24, 2.45) is 5.16 Å². The van der Waals surface area contributed by atoms with Crippen LogP contribution in [0.1, 0.15) is 5.01 Å². The summed E-state index contributed by atoms with van der Waals surface area (Å²) in [6.45, 7) is 0. The number of hydrogen-bond donors (Lipinski definition) is 1. The normalized spacial score (nSPS) is 11.2. The van der Waals surface area contributed by atoms with Crippen LogP contribution in [0, 0.1) is 11.3 Å². The van der Waals surface area contributed by atoms with E-state index in [1.165, 1.54) is 11.3 Å². The quantitative estimate of drug-likeness (QED) is 0.526. The third-order valence-corrected chi connectivity index (χ3v) is 3.43. The molecule has 2 aromatic rings. The van der Waals surface area contributed by atoms with Crippen LogP contribution in [0.5, 0.6) is 0 Å². The molecule has 6 heteroatoms. The molecule has 1 aromatic carbocycles. The van der Waals surface area contributed by atoms with Crippen molar-refractivity contribution in [2.75, 3.05) is 0 Å². The summed E-state index contributed by atoms with van der Waals surface area (Å²) in [5.74, 6) is 0. The van der Waals surface area contributed by atoms with Gasteiger partial charge < -0.3 is 5.21 Å². The Morgan fingerprint density at radius 1 is 1.41 bits per heavy atom. The lowest BCUT2D eigenvalue weighted by Crippen LogP contribution is -1.95. The first kappa shape index (κ1) is 11.8. The van der Waals surface area contributed by atoms with Crippen LogP contribution >= 0.6 is 27.3 Å². The summed E-state index contributed by atoms with van der Waals surface area (Å²) in [6.07, 6.45) is 0. The zero-order chi connectivity index (χ0) is 12.3. The Kier molecular flexibility index (Phi) is 3.52. The number of aromatic nitrogens is 1. The molecular weight excluding hydrogens is 302 g/mol. The predicted molar refractivity (Wildman–Crippen MR) is 69.2 cm³/mol. The standard InChI is InChI=1S/C11H6BrN3OS/c12-8-3-1-7(2-4-8)10-6-17-11(14-10)9(5-13)15-16/h1-4,6,16H/b15-9+. The van der Waals surface area contributed by atoms with Gasteiger partial charge in [-0.3, -0.25) is 0 Å². The first-order valence-corrected chi connectivity index (χ1v) is 6.26. The maximum Gasteiger partial charge on any atom is 0.215 e. The van der Waals surface area contributed by atoms with E-state index in [1.807, 2.05) is 29.6 Å². The smallest absolute Gasteiger partial charge is 0.215 e. The van der Waals surface area contributed by atoms with Gasteiger partial charge in [0.1, 0.15) is 6.07 Å². The molecule has 4 nitrogen and oxygen atoms in total. The van der Waals surface area contributed by atoms with Crippen molar-refractivity contribution in [3.8, 4) is 17.3 Å². The van der Waals surface area contributed by atoms with Crippen LogP contribution in [0.3, 0.4) is 0 Å². The maximum atomic E-state index is 8.72. The van der Waals surface area contributed by atoms with Gasteiger partial charge in [-0.2, -0.15) is 5.26 Å². The number of benzene rings is 1. The lowest BCUT2D eigenvalue weighted by molar-refractivity contribution is 0.320. The highest BCUT2D eigenvalue weighted by Gasteiger charge is 2.10. The summed E-state index contributed by atoms with van der Waals surface area (Å²) in [5.41, 5.74) is 1.64. The average Bonchev–Trinajstić information content (AvgIpc) is 2.81. The SMILES string of the molecule is N#C/C(=N\O)c1nc(-c2ccc(Br)cc2)cs1. The van der Waals surface area contributed by atoms with Crippen molar-refractivity contribution in [1.82, 2.24) is 4.98 Å². The minimum absolute atomic E-state index is 0.0710. The molecule has 0 unspecified atom stereocenters. The largest absolute Gasteiger partial charge is 0.410 e. The van der Waals surface area contributed by atoms with Gasteiger partial charge in [0.2, 0.25) is 5.71 Å². The van der Waals surface area contributed by atoms with Crippen molar-refractivity contribution in [2.45, 2.75) is 0 Å². The van der Waals surface area contributed by atoms with Gasteiger partial charge in [0.05, 0.1) is 5.69 Å². The molecule has 1 heterocycles. The summed E-state index contributed by atoms with van der Waals surface area (Å²) < 4.78 is 0.992. The molecule has 0 saturated heterocycles. The van der Waals surface area contributed by atoms with E-state index in [0.717, 1.165) is 15.7 Å². The van der Waals surface area contributed by atoms with Gasteiger partial charge in [0.25, 0.3) is 0 Å². The lowest BCUT2D eigenvalue weighted by Gasteiger charge is -1.95. The summed E-state index contributed by atoms with van der Waals surface area (Å²) in [5, 5.41) is 22.5. The van der Waals surface area contributed by atoms with Crippen LogP contribution in [0.25, 0.3) is 11.3 Å². The zero-order valence-electron chi connectivity index (χ0n) is 8.46. The van der Waals surface area contributed by atoms with Gasteiger partial charge in [-0.25, -0.2) is 4.98 Å². The summed E-state index contributed by atoms with van der Waals surface area (Å²) in [4.78, 5) is 4.24. The molecule has 0 aliphatic heterocycles. The van der Waals surface area contributed by atoms with E-state index >= 15 is 0 Å². The van der Waals surface area contributed by atoms with Crippen molar-refractivity contribution in [3.05, 3.63) is 39.1 Å². The fourth-order valence-corrected chi connectivity index (χ4v) is 2.27. The van der Waals surface area contributed by atoms with Crippen LogP contribution in [-0.2, 0) is 0 Å². The van der Waals surface area contributed by atoms with Gasteiger partial charge >= 0.3 is 0 Å². The molecule has 2 rings (SSSR count). The van der Waals surface area contributed by atoms with Gasteiger partial charge in [-0.1, -0.05) is 33.2 Å². The van der Waals surface area contributed by atoms with Crippen LogP contribution in [0.4, 0.5) is 0 Å². The Bertz CT molecular complexity index is 598. The number of halogens is 1. The molecule has 17 heavy (non-hydrogen) atoms. The predicted octanol–water partition coefficient (Wildman–Crippen LogP) is 3.27. The van der Waals surface area contributed by atoms with E-state index in [2.05, 4.69) is 26.1 Å². The van der Waals surface area contributed by atoms with Gasteiger partial charge in [0.15, 0.2) is 5.01 Å². The Balaban J connectivity index is 2.37. The second-order valence-corrected chi connectivity index (χ2v) is 4.88. The maximum absolute atomic E-state index is 8.72. The second-order valence-electron chi connectivity index (χ2n) is 3.11. The van der Waals surface area contributed by atoms with Crippen molar-refractivity contribution in [1.29, 1.82) is 5.26 Å². The number of rotatable bonds is 2. The molecule has 1 aromatic heterocycles. The Morgan fingerprint density at radius 3 is 2.71 bits per heavy atom. The van der Waals surface area contributed by atoms with Crippen molar-refractivity contribution in [3.63, 3.8) is 0 Å². The molecule has 0 amide bonds. The number of oxime groups is 1. The molecule has 0 bridgehead atoms. The van der Waals surface area contributed by atoms with Crippen molar-refractivity contribution >= 4 is 33.0 Å². The molecule has 0 atom stereocenters. The number of nitrogens with zero attached hydrogens (tertiary/aromatic N) is 3. The van der Waals surface area contributed by atoms with Crippen molar-refractivity contribution < 1.29 is 5.21 Å². The lowest BCUT2D eigenvalue weighted by atomic mass is 10.2. The highest BCUT2D eigenvalue weighted by Crippen LogP contribution is 2.23. The number of nitriles is 1. The topological polar surface area (TPSA) is 69.3 Å². The highest BCUT2D eigenvalue weighted by atomic mass is 79.9. The molecule has 0 fully saturated rings. The fraction of sp³-hybridized carbons (Fsp3) is 0. The van der Waals surface area contributed by atoms with E-state index < -0.39 is 0 Å². The molecule has 0 aliphatic rings. The zero-order valence-corrected chi connectivity index (χ0v) is 10.9. The number of thiazole rings is 1. The second kappa shape index (κ2) is 5.08. The molecule has 0 spiro atoms. The molecule has 1 N–H and O–H groups in total. The third-order valence-electron chi connectivity index (χ3n) is 2.05. The third kappa shape index (κ3) is 2.52. The van der Waals surface area contributed by atoms with E-state index in [0.29, 0.717) is 5.01 Å². The molecule has 0 saturated carbocycles. The number of hydrogen-bond acceptors (Lipinski definition) is 5. The Labute approximate surface area is 110 Å². The van der Waals surface area contributed by atoms with E-state index in [-0.39, 0.29) is 5.71 Å². The Morgan fingerprint density at radius 2 is 2.12 bits per heavy atom. The summed E-state index contributed by atoms with van der Waals surface area (Å²) in [6, 6.07) is 9.46. The Hall–Kier alpha value is -1.71. The molecule has 0 radical (unpaired) electrons. The fourth-order valence-electron chi connectivity index (χ4n) is 1.25. The van der Waals surface area contributed by atoms with E-state index in [1.54, 1.807) is 6.07 Å². The molecular formula is C11H6BrN3OS. The van der Waals surface area contributed by atoms with Gasteiger partial charge in [0, 0.05) is 15.4 Å². The van der Waals surface area contributed by atoms with Gasteiger partial charge in [-0.15, -0.1) is 11.3 Å². The first-order chi connectivity index (χ1) is 8.24. The van der Waals surface area contributed by atoms with Crippen LogP contribution in [0.2, 0.25) is 0 Å².